The van der Waals surface area contributed by atoms with Crippen molar-refractivity contribution in [2.24, 2.45) is 0 Å². The van der Waals surface area contributed by atoms with Crippen molar-refractivity contribution in [1.29, 1.82) is 0 Å². The number of carbonyl (C=O) groups is 2. The van der Waals surface area contributed by atoms with Gasteiger partial charge in [-0.3, -0.25) is 9.89 Å². The van der Waals surface area contributed by atoms with Crippen LogP contribution in [-0.4, -0.2) is 32.2 Å². The SMILES string of the molecule is CC(C)c1cc(C(=O)Nc2cc(C(=O)O)[nH]n2)cc(Cl)n1. The topological polar surface area (TPSA) is 108 Å². The Kier molecular flexibility index (Phi) is 4.23. The minimum absolute atomic E-state index is 0.110. The molecule has 0 aliphatic heterocycles. The number of aromatic amines is 1. The molecule has 1 amide bonds. The summed E-state index contributed by atoms with van der Waals surface area (Å²) < 4.78 is 0. The summed E-state index contributed by atoms with van der Waals surface area (Å²) in [7, 11) is 0. The molecule has 110 valence electrons. The number of hydrogen-bond acceptors (Lipinski definition) is 4. The van der Waals surface area contributed by atoms with Gasteiger partial charge in [-0.2, -0.15) is 5.10 Å². The molecule has 0 radical (unpaired) electrons. The van der Waals surface area contributed by atoms with Gasteiger partial charge in [0.05, 0.1) is 0 Å². The van der Waals surface area contributed by atoms with Crippen LogP contribution in [0.15, 0.2) is 18.2 Å². The van der Waals surface area contributed by atoms with Crippen molar-refractivity contribution in [3.63, 3.8) is 0 Å². The van der Waals surface area contributed by atoms with Gasteiger partial charge in [-0.15, -0.1) is 0 Å². The largest absolute Gasteiger partial charge is 0.477 e. The Morgan fingerprint density at radius 2 is 2.05 bits per heavy atom. The maximum absolute atomic E-state index is 12.1. The molecule has 3 N–H and O–H groups in total. The lowest BCUT2D eigenvalue weighted by atomic mass is 10.1. The summed E-state index contributed by atoms with van der Waals surface area (Å²) in [5.41, 5.74) is 0.917. The first-order valence-electron chi connectivity index (χ1n) is 6.14. The molecule has 2 rings (SSSR count). The molecule has 0 aliphatic carbocycles. The van der Waals surface area contributed by atoms with Gasteiger partial charge in [-0.1, -0.05) is 25.4 Å². The molecule has 0 aromatic carbocycles. The molecule has 0 bridgehead atoms. The van der Waals surface area contributed by atoms with E-state index < -0.39 is 11.9 Å². The minimum Gasteiger partial charge on any atom is -0.477 e. The molecule has 0 saturated carbocycles. The van der Waals surface area contributed by atoms with Crippen molar-refractivity contribution in [2.45, 2.75) is 19.8 Å². The average Bonchev–Trinajstić information content (AvgIpc) is 2.86. The van der Waals surface area contributed by atoms with E-state index in [9.17, 15) is 9.59 Å². The summed E-state index contributed by atoms with van der Waals surface area (Å²) in [6.45, 7) is 3.88. The summed E-state index contributed by atoms with van der Waals surface area (Å²) in [4.78, 5) is 27.0. The van der Waals surface area contributed by atoms with E-state index in [1.54, 1.807) is 6.07 Å². The van der Waals surface area contributed by atoms with E-state index in [2.05, 4.69) is 20.5 Å². The van der Waals surface area contributed by atoms with Gasteiger partial charge in [0.25, 0.3) is 5.91 Å². The number of nitrogens with one attached hydrogen (secondary N) is 2. The first kappa shape index (κ1) is 15.0. The van der Waals surface area contributed by atoms with Crippen molar-refractivity contribution >= 4 is 29.3 Å². The van der Waals surface area contributed by atoms with Crippen LogP contribution in [0.25, 0.3) is 0 Å². The first-order chi connectivity index (χ1) is 9.86. The number of pyridine rings is 1. The first-order valence-corrected chi connectivity index (χ1v) is 6.52. The molecule has 0 saturated heterocycles. The summed E-state index contributed by atoms with van der Waals surface area (Å²) in [5, 5.41) is 17.5. The minimum atomic E-state index is -1.16. The zero-order valence-electron chi connectivity index (χ0n) is 11.3. The molecular formula is C13H13ClN4O3. The van der Waals surface area contributed by atoms with Crippen LogP contribution in [-0.2, 0) is 0 Å². The Hall–Kier alpha value is -2.41. The molecule has 0 unspecified atom stereocenters. The number of nitrogens with zero attached hydrogens (tertiary/aromatic N) is 2. The zero-order chi connectivity index (χ0) is 15.6. The van der Waals surface area contributed by atoms with E-state index in [1.807, 2.05) is 13.8 Å². The second-order valence-corrected chi connectivity index (χ2v) is 5.07. The zero-order valence-corrected chi connectivity index (χ0v) is 12.1. The van der Waals surface area contributed by atoms with Gasteiger partial charge in [-0.05, 0) is 18.1 Å². The summed E-state index contributed by atoms with van der Waals surface area (Å²) in [6, 6.07) is 4.30. The third-order valence-electron chi connectivity index (χ3n) is 2.72. The Morgan fingerprint density at radius 3 is 2.62 bits per heavy atom. The van der Waals surface area contributed by atoms with Crippen LogP contribution in [0.3, 0.4) is 0 Å². The fourth-order valence-electron chi connectivity index (χ4n) is 1.63. The Labute approximate surface area is 125 Å². The van der Waals surface area contributed by atoms with Crippen LogP contribution in [0.2, 0.25) is 5.15 Å². The Morgan fingerprint density at radius 1 is 1.33 bits per heavy atom. The number of halogens is 1. The van der Waals surface area contributed by atoms with Crippen LogP contribution in [0.1, 0.15) is 46.3 Å². The number of carboxylic acid groups (broad SMARTS) is 1. The molecule has 0 fully saturated rings. The van der Waals surface area contributed by atoms with E-state index in [1.165, 1.54) is 12.1 Å². The van der Waals surface area contributed by atoms with Gasteiger partial charge in [-0.25, -0.2) is 9.78 Å². The number of aromatic nitrogens is 3. The normalized spacial score (nSPS) is 10.7. The summed E-state index contributed by atoms with van der Waals surface area (Å²) in [5.74, 6) is -1.35. The summed E-state index contributed by atoms with van der Waals surface area (Å²) in [6.07, 6.45) is 0. The predicted octanol–water partition coefficient (Wildman–Crippen LogP) is 2.53. The van der Waals surface area contributed by atoms with Crippen LogP contribution in [0.4, 0.5) is 5.82 Å². The highest BCUT2D eigenvalue weighted by atomic mass is 35.5. The van der Waals surface area contributed by atoms with Crippen molar-refractivity contribution in [2.75, 3.05) is 5.32 Å². The molecule has 2 heterocycles. The van der Waals surface area contributed by atoms with Crippen molar-refractivity contribution < 1.29 is 14.7 Å². The Balaban J connectivity index is 2.21. The molecule has 0 atom stereocenters. The second kappa shape index (κ2) is 5.92. The smallest absolute Gasteiger partial charge is 0.353 e. The highest BCUT2D eigenvalue weighted by Gasteiger charge is 2.14. The monoisotopic (exact) mass is 308 g/mol. The third kappa shape index (κ3) is 3.57. The standard InChI is InChI=1S/C13H13ClN4O3/c1-6(2)8-3-7(4-10(14)15-8)12(19)16-11-5-9(13(20)21)17-18-11/h3-6H,1-2H3,(H,20,21)(H2,16,17,18,19). The molecule has 2 aromatic rings. The van der Waals surface area contributed by atoms with Crippen molar-refractivity contribution in [1.82, 2.24) is 15.2 Å². The summed E-state index contributed by atoms with van der Waals surface area (Å²) >= 11 is 5.90. The van der Waals surface area contributed by atoms with E-state index in [4.69, 9.17) is 16.7 Å². The number of carboxylic acids is 1. The quantitative estimate of drug-likeness (QED) is 0.752. The fraction of sp³-hybridized carbons (Fsp3) is 0.231. The highest BCUT2D eigenvalue weighted by Crippen LogP contribution is 2.18. The number of rotatable bonds is 4. The number of amides is 1. The highest BCUT2D eigenvalue weighted by molar-refractivity contribution is 6.29. The average molecular weight is 309 g/mol. The molecule has 0 aliphatic rings. The maximum atomic E-state index is 12.1. The third-order valence-corrected chi connectivity index (χ3v) is 2.91. The lowest BCUT2D eigenvalue weighted by Gasteiger charge is -2.08. The molecule has 21 heavy (non-hydrogen) atoms. The van der Waals surface area contributed by atoms with Crippen LogP contribution < -0.4 is 5.32 Å². The molecule has 0 spiro atoms. The second-order valence-electron chi connectivity index (χ2n) is 4.68. The number of carbonyl (C=O) groups excluding carboxylic acids is 1. The van der Waals surface area contributed by atoms with Crippen LogP contribution in [0, 0.1) is 0 Å². The van der Waals surface area contributed by atoms with Gasteiger partial charge < -0.3 is 10.4 Å². The number of anilines is 1. The maximum Gasteiger partial charge on any atom is 0.353 e. The van der Waals surface area contributed by atoms with Crippen molar-refractivity contribution in [3.8, 4) is 0 Å². The van der Waals surface area contributed by atoms with Gasteiger partial charge in [0.1, 0.15) is 10.8 Å². The van der Waals surface area contributed by atoms with Gasteiger partial charge in [0.2, 0.25) is 0 Å². The van der Waals surface area contributed by atoms with Crippen molar-refractivity contribution in [3.05, 3.63) is 40.3 Å². The van der Waals surface area contributed by atoms with Gasteiger partial charge in [0, 0.05) is 17.3 Å². The van der Waals surface area contributed by atoms with E-state index in [-0.39, 0.29) is 22.6 Å². The molecule has 8 heteroatoms. The number of aromatic carboxylic acids is 1. The fourth-order valence-corrected chi connectivity index (χ4v) is 1.84. The lowest BCUT2D eigenvalue weighted by molar-refractivity contribution is 0.0690. The molecule has 2 aromatic heterocycles. The molecular weight excluding hydrogens is 296 g/mol. The predicted molar refractivity (Wildman–Crippen MR) is 76.8 cm³/mol. The van der Waals surface area contributed by atoms with E-state index in [0.717, 1.165) is 0 Å². The number of H-pyrrole nitrogens is 1. The lowest BCUT2D eigenvalue weighted by Crippen LogP contribution is -2.13. The van der Waals surface area contributed by atoms with Crippen LogP contribution >= 0.6 is 11.6 Å². The molecule has 7 nitrogen and oxygen atoms in total. The van der Waals surface area contributed by atoms with Gasteiger partial charge >= 0.3 is 5.97 Å². The number of hydrogen-bond donors (Lipinski definition) is 3. The van der Waals surface area contributed by atoms with E-state index in [0.29, 0.717) is 11.3 Å². The van der Waals surface area contributed by atoms with Crippen LogP contribution in [0.5, 0.6) is 0 Å². The Bertz CT molecular complexity index is 696. The van der Waals surface area contributed by atoms with E-state index >= 15 is 0 Å². The van der Waals surface area contributed by atoms with Gasteiger partial charge in [0.15, 0.2) is 5.82 Å².